The van der Waals surface area contributed by atoms with Crippen molar-refractivity contribution < 1.29 is 23.9 Å². The molecule has 0 aliphatic rings. The first kappa shape index (κ1) is 20.1. The molecule has 0 heterocycles. The van der Waals surface area contributed by atoms with Crippen molar-refractivity contribution >= 4 is 23.5 Å². The van der Waals surface area contributed by atoms with Gasteiger partial charge >= 0.3 is 5.97 Å². The second kappa shape index (κ2) is 8.93. The molecular weight excluding hydrogens is 351 g/mol. The van der Waals surface area contributed by atoms with Gasteiger partial charge in [-0.25, -0.2) is 4.39 Å². The van der Waals surface area contributed by atoms with E-state index in [2.05, 4.69) is 10.6 Å². The topological polar surface area (TPSA) is 95.5 Å². The monoisotopic (exact) mass is 372 g/mol. The van der Waals surface area contributed by atoms with Crippen LogP contribution < -0.4 is 10.6 Å². The number of hydrogen-bond acceptors (Lipinski definition) is 3. The Bertz CT molecular complexity index is 836. The molecule has 7 heteroatoms. The second-order valence-corrected chi connectivity index (χ2v) is 6.32. The Kier molecular flexibility index (Phi) is 6.65. The predicted octanol–water partition coefficient (Wildman–Crippen LogP) is 3.16. The van der Waals surface area contributed by atoms with Crippen molar-refractivity contribution in [1.82, 2.24) is 5.32 Å². The summed E-state index contributed by atoms with van der Waals surface area (Å²) >= 11 is 0. The summed E-state index contributed by atoms with van der Waals surface area (Å²) in [5, 5.41) is 13.9. The maximum atomic E-state index is 13.3. The minimum absolute atomic E-state index is 0.150. The van der Waals surface area contributed by atoms with E-state index >= 15 is 0 Å². The van der Waals surface area contributed by atoms with Gasteiger partial charge in [0.25, 0.3) is 5.91 Å². The van der Waals surface area contributed by atoms with E-state index in [1.165, 1.54) is 31.2 Å². The molecule has 0 bridgehead atoms. The van der Waals surface area contributed by atoms with Gasteiger partial charge in [0.15, 0.2) is 0 Å². The molecule has 3 N–H and O–H groups in total. The minimum Gasteiger partial charge on any atom is -0.480 e. The summed E-state index contributed by atoms with van der Waals surface area (Å²) in [4.78, 5) is 34.9. The van der Waals surface area contributed by atoms with Gasteiger partial charge < -0.3 is 15.7 Å². The summed E-state index contributed by atoms with van der Waals surface area (Å²) in [6, 6.07) is 11.2. The van der Waals surface area contributed by atoms with Crippen molar-refractivity contribution in [2.24, 2.45) is 0 Å². The molecule has 2 aromatic rings. The van der Waals surface area contributed by atoms with Crippen LogP contribution in [0.15, 0.2) is 48.5 Å². The number of rotatable bonds is 7. The smallest absolute Gasteiger partial charge is 0.325 e. The van der Waals surface area contributed by atoms with Crippen LogP contribution in [0.4, 0.5) is 10.1 Å². The zero-order valence-corrected chi connectivity index (χ0v) is 15.0. The van der Waals surface area contributed by atoms with Crippen LogP contribution in [0.5, 0.6) is 0 Å². The van der Waals surface area contributed by atoms with Crippen molar-refractivity contribution in [2.75, 3.05) is 5.32 Å². The number of amides is 2. The van der Waals surface area contributed by atoms with Crippen molar-refractivity contribution in [3.63, 3.8) is 0 Å². The Morgan fingerprint density at radius 2 is 1.74 bits per heavy atom. The minimum atomic E-state index is -1.13. The highest BCUT2D eigenvalue weighted by Crippen LogP contribution is 2.20. The van der Waals surface area contributed by atoms with Crippen molar-refractivity contribution in [3.05, 3.63) is 65.5 Å². The van der Waals surface area contributed by atoms with E-state index in [0.29, 0.717) is 5.69 Å². The number of carbonyl (C=O) groups is 3. The van der Waals surface area contributed by atoms with Gasteiger partial charge in [0.1, 0.15) is 11.9 Å². The molecule has 0 saturated carbocycles. The van der Waals surface area contributed by atoms with Crippen LogP contribution in [0.1, 0.15) is 42.1 Å². The molecule has 27 heavy (non-hydrogen) atoms. The number of carboxylic acid groups (broad SMARTS) is 1. The lowest BCUT2D eigenvalue weighted by Gasteiger charge is -2.13. The van der Waals surface area contributed by atoms with E-state index in [1.807, 2.05) is 6.92 Å². The highest BCUT2D eigenvalue weighted by Gasteiger charge is 2.16. The van der Waals surface area contributed by atoms with E-state index in [1.54, 1.807) is 24.3 Å². The normalized spacial score (nSPS) is 12.7. The Morgan fingerprint density at radius 3 is 2.33 bits per heavy atom. The van der Waals surface area contributed by atoms with Crippen LogP contribution in [-0.4, -0.2) is 28.9 Å². The van der Waals surface area contributed by atoms with Crippen LogP contribution in [0.3, 0.4) is 0 Å². The fraction of sp³-hybridized carbons (Fsp3) is 0.250. The molecule has 142 valence electrons. The zero-order chi connectivity index (χ0) is 20.0. The molecule has 2 unspecified atom stereocenters. The van der Waals surface area contributed by atoms with Crippen LogP contribution in [-0.2, 0) is 9.59 Å². The summed E-state index contributed by atoms with van der Waals surface area (Å²) in [6.45, 7) is 3.21. The molecule has 0 aliphatic carbocycles. The van der Waals surface area contributed by atoms with Gasteiger partial charge in [-0.1, -0.05) is 19.1 Å². The summed E-state index contributed by atoms with van der Waals surface area (Å²) in [5.41, 5.74) is 1.54. The van der Waals surface area contributed by atoms with E-state index in [0.717, 1.165) is 5.56 Å². The molecule has 0 saturated heterocycles. The third-order valence-electron chi connectivity index (χ3n) is 4.06. The maximum Gasteiger partial charge on any atom is 0.325 e. The number of carboxylic acids is 1. The third-order valence-corrected chi connectivity index (χ3v) is 4.06. The number of hydrogen-bond donors (Lipinski definition) is 3. The highest BCUT2D eigenvalue weighted by molar-refractivity contribution is 5.97. The van der Waals surface area contributed by atoms with Gasteiger partial charge in [0.05, 0.1) is 0 Å². The van der Waals surface area contributed by atoms with Gasteiger partial charge in [-0.2, -0.15) is 0 Å². The van der Waals surface area contributed by atoms with Crippen molar-refractivity contribution in [1.29, 1.82) is 0 Å². The zero-order valence-electron chi connectivity index (χ0n) is 15.0. The Labute approximate surface area is 156 Å². The maximum absolute atomic E-state index is 13.3. The second-order valence-electron chi connectivity index (χ2n) is 6.32. The van der Waals surface area contributed by atoms with Crippen LogP contribution >= 0.6 is 0 Å². The molecule has 2 amide bonds. The van der Waals surface area contributed by atoms with E-state index < -0.39 is 17.9 Å². The molecule has 0 fully saturated rings. The largest absolute Gasteiger partial charge is 0.480 e. The molecule has 0 aromatic heterocycles. The number of halogens is 1. The Balaban J connectivity index is 1.92. The third kappa shape index (κ3) is 5.91. The van der Waals surface area contributed by atoms with E-state index in [-0.39, 0.29) is 29.6 Å². The Morgan fingerprint density at radius 1 is 1.07 bits per heavy atom. The average molecular weight is 372 g/mol. The van der Waals surface area contributed by atoms with Gasteiger partial charge in [-0.3, -0.25) is 14.4 Å². The summed E-state index contributed by atoms with van der Waals surface area (Å²) in [7, 11) is 0. The first-order valence-corrected chi connectivity index (χ1v) is 8.45. The van der Waals surface area contributed by atoms with Gasteiger partial charge in [0.2, 0.25) is 5.91 Å². The number of aliphatic carboxylic acids is 1. The number of nitrogens with one attached hydrogen (secondary N) is 2. The van der Waals surface area contributed by atoms with Gasteiger partial charge in [-0.15, -0.1) is 0 Å². The highest BCUT2D eigenvalue weighted by atomic mass is 19.1. The summed E-state index contributed by atoms with van der Waals surface area (Å²) in [6.07, 6.45) is 0.182. The van der Waals surface area contributed by atoms with E-state index in [4.69, 9.17) is 5.11 Å². The molecular formula is C20H21FN2O4. The fourth-order valence-electron chi connectivity index (χ4n) is 2.47. The van der Waals surface area contributed by atoms with E-state index in [9.17, 15) is 18.8 Å². The average Bonchev–Trinajstić information content (AvgIpc) is 2.62. The molecule has 2 rings (SSSR count). The molecule has 0 radical (unpaired) electrons. The summed E-state index contributed by atoms with van der Waals surface area (Å²) in [5.74, 6) is -2.36. The molecule has 0 spiro atoms. The van der Waals surface area contributed by atoms with Crippen LogP contribution in [0.25, 0.3) is 0 Å². The van der Waals surface area contributed by atoms with Crippen molar-refractivity contribution in [2.45, 2.75) is 32.2 Å². The van der Waals surface area contributed by atoms with Crippen LogP contribution in [0.2, 0.25) is 0 Å². The predicted molar refractivity (Wildman–Crippen MR) is 99.1 cm³/mol. The standard InChI is InChI=1S/C20H21FN2O4/c1-12(15-4-3-5-16(21)11-15)10-18(24)23-17-8-6-14(7-9-17)19(25)22-13(2)20(26)27/h3-9,11-13H,10H2,1-2H3,(H,22,25)(H,23,24)(H,26,27). The molecule has 2 atom stereocenters. The van der Waals surface area contributed by atoms with Gasteiger partial charge in [0, 0.05) is 17.7 Å². The quantitative estimate of drug-likeness (QED) is 0.696. The summed E-state index contributed by atoms with van der Waals surface area (Å²) < 4.78 is 13.3. The molecule has 0 aliphatic heterocycles. The molecule has 6 nitrogen and oxygen atoms in total. The van der Waals surface area contributed by atoms with Gasteiger partial charge in [-0.05, 0) is 54.8 Å². The molecule has 2 aromatic carbocycles. The van der Waals surface area contributed by atoms with Crippen LogP contribution in [0, 0.1) is 5.82 Å². The number of carbonyl (C=O) groups excluding carboxylic acids is 2. The number of anilines is 1. The lowest BCUT2D eigenvalue weighted by atomic mass is 9.97. The van der Waals surface area contributed by atoms with Crippen molar-refractivity contribution in [3.8, 4) is 0 Å². The lowest BCUT2D eigenvalue weighted by molar-refractivity contribution is -0.138. The SMILES string of the molecule is CC(NC(=O)c1ccc(NC(=O)CC(C)c2cccc(F)c2)cc1)C(=O)O. The Hall–Kier alpha value is -3.22. The first-order chi connectivity index (χ1) is 12.8. The lowest BCUT2D eigenvalue weighted by Crippen LogP contribution is -2.38. The first-order valence-electron chi connectivity index (χ1n) is 8.45. The number of benzene rings is 2. The fourth-order valence-corrected chi connectivity index (χ4v) is 2.47.